The van der Waals surface area contributed by atoms with Crippen LogP contribution in [0, 0.1) is 0 Å². The van der Waals surface area contributed by atoms with Crippen molar-refractivity contribution < 1.29 is 49.2 Å². The van der Waals surface area contributed by atoms with E-state index < -0.39 is 53.8 Å². The summed E-state index contributed by atoms with van der Waals surface area (Å²) in [6.45, 7) is 3.37. The Kier molecular flexibility index (Phi) is 16.1. The molecule has 3 aromatic carbocycles. The van der Waals surface area contributed by atoms with Gasteiger partial charge in [0.15, 0.2) is 28.5 Å². The molecule has 0 aliphatic carbocycles. The van der Waals surface area contributed by atoms with E-state index in [1.165, 1.54) is 30.2 Å². The molecule has 9 N–H and O–H groups in total. The third-order valence-corrected chi connectivity index (χ3v) is 11.4. The SMILES string of the molecule is BrB(Br)Br.C[C@@]1(O)[C@H](O)[C@@H](CO)OC1(O)c1cnc2c(N)ncnn12.C[C@@]1(OCc2ccccc2)[C@H](OCc2ccccc2)[C@@H](COCc2ccccc2)OC1(O)c1cnc2c(N)ncnn12. The topological polar surface area (TPSA) is 285 Å². The fourth-order valence-corrected chi connectivity index (χ4v) is 7.82. The number of halogens is 3. The summed E-state index contributed by atoms with van der Waals surface area (Å²) in [5.41, 5.74) is 11.8. The Morgan fingerprint density at radius 2 is 1.12 bits per heavy atom. The van der Waals surface area contributed by atoms with Crippen molar-refractivity contribution >= 4 is 73.4 Å². The van der Waals surface area contributed by atoms with Crippen molar-refractivity contribution in [2.45, 2.75) is 80.9 Å². The summed E-state index contributed by atoms with van der Waals surface area (Å²) < 4.78 is 33.9. The van der Waals surface area contributed by atoms with Crippen LogP contribution in [0.4, 0.5) is 11.6 Å². The van der Waals surface area contributed by atoms with Gasteiger partial charge in [0.1, 0.15) is 54.1 Å². The molecule has 0 radical (unpaired) electrons. The summed E-state index contributed by atoms with van der Waals surface area (Å²) in [7, 11) is 0. The van der Waals surface area contributed by atoms with E-state index in [9.17, 15) is 25.5 Å². The summed E-state index contributed by atoms with van der Waals surface area (Å²) in [5, 5.41) is 61.1. The number of rotatable bonds is 13. The number of anilines is 2. The van der Waals surface area contributed by atoms with Crippen molar-refractivity contribution in [3.05, 3.63) is 144 Å². The molecule has 7 aromatic rings. The number of ether oxygens (including phenoxy) is 5. The van der Waals surface area contributed by atoms with Crippen molar-refractivity contribution in [3.8, 4) is 0 Å². The van der Waals surface area contributed by atoms with E-state index in [0.717, 1.165) is 27.5 Å². The highest BCUT2D eigenvalue weighted by Gasteiger charge is 2.67. The second kappa shape index (κ2) is 21.4. The zero-order valence-corrected chi connectivity index (χ0v) is 40.8. The van der Waals surface area contributed by atoms with Gasteiger partial charge >= 0.3 is 3.18 Å². The minimum absolute atomic E-state index is 0.0356. The van der Waals surface area contributed by atoms with Gasteiger partial charge in [0, 0.05) is 0 Å². The highest BCUT2D eigenvalue weighted by atomic mass is 79.9. The molecule has 0 amide bonds. The van der Waals surface area contributed by atoms with E-state index in [0.29, 0.717) is 12.3 Å². The number of aliphatic hydroxyl groups is 5. The van der Waals surface area contributed by atoms with E-state index in [4.69, 9.17) is 35.2 Å². The Bertz CT molecular complexity index is 2700. The second-order valence-electron chi connectivity index (χ2n) is 15.8. The minimum Gasteiger partial charge on any atom is -0.394 e. The van der Waals surface area contributed by atoms with Gasteiger partial charge in [-0.05, 0) is 30.5 Å². The molecule has 2 aliphatic rings. The minimum atomic E-state index is -2.32. The molecule has 354 valence electrons. The Morgan fingerprint density at radius 1 is 0.672 bits per heavy atom. The van der Waals surface area contributed by atoms with Crippen molar-refractivity contribution in [1.29, 1.82) is 0 Å². The van der Waals surface area contributed by atoms with E-state index >= 15 is 0 Å². The molecule has 0 spiro atoms. The van der Waals surface area contributed by atoms with Crippen LogP contribution in [0.25, 0.3) is 11.3 Å². The van der Waals surface area contributed by atoms with Gasteiger partial charge in [0.05, 0.1) is 45.4 Å². The number of aliphatic hydroxyl groups excluding tert-OH is 2. The Hall–Kier alpha value is -4.54. The molecule has 0 bridgehead atoms. The lowest BCUT2D eigenvalue weighted by Crippen LogP contribution is -2.55. The highest BCUT2D eigenvalue weighted by Crippen LogP contribution is 2.50. The summed E-state index contributed by atoms with van der Waals surface area (Å²) in [6.07, 6.45) is 1.01. The van der Waals surface area contributed by atoms with Gasteiger partial charge in [-0.1, -0.05) is 91.0 Å². The lowest BCUT2D eigenvalue weighted by atomic mass is 9.87. The summed E-state index contributed by atoms with van der Waals surface area (Å²) in [5.74, 6) is -4.12. The standard InChI is InChI=1S/C32H33N5O5.C11H15N5O5.BBr3/c1-31(41-20-25-15-9-4-10-16-25)28(40-19-24-13-7-3-8-14-24)26(21-39-18-23-11-5-2-6-12-23)42-32(31,38)27-17-34-30-29(33)35-22-36-37(27)30;1-10(19)7(18)5(3-17)21-11(10,20)6-2-13-9-8(12)14-4-15-16(6)9;2-1(3)4/h2-17,22,26,28,38H,18-21H2,1H3,(H2,33,35,36);2,4-5,7,17-20H,3H2,1H3,(H2,12,14,15);/t26-,28-,31-,32?;5-,7-,10-,11?;/m11./s1. The van der Waals surface area contributed by atoms with Gasteiger partial charge in [-0.3, -0.25) is 0 Å². The predicted octanol–water partition coefficient (Wildman–Crippen LogP) is 3.54. The second-order valence-corrected chi connectivity index (χ2v) is 22.2. The van der Waals surface area contributed by atoms with Crippen molar-refractivity contribution in [2.24, 2.45) is 0 Å². The van der Waals surface area contributed by atoms with Gasteiger partial charge in [-0.15, -0.1) is 47.3 Å². The molecule has 20 nitrogen and oxygen atoms in total. The van der Waals surface area contributed by atoms with E-state index in [1.54, 1.807) is 6.92 Å². The van der Waals surface area contributed by atoms with Crippen LogP contribution in [0.5, 0.6) is 0 Å². The fraction of sp³-hybridized carbons (Fsp3) is 0.349. The number of hydrogen-bond acceptors (Lipinski definition) is 18. The number of hydrogen-bond donors (Lipinski definition) is 7. The van der Waals surface area contributed by atoms with Gasteiger partial charge in [0.25, 0.3) is 0 Å². The Labute approximate surface area is 409 Å². The first-order chi connectivity index (χ1) is 32.0. The Balaban J connectivity index is 0.000000222. The van der Waals surface area contributed by atoms with Gasteiger partial charge in [0.2, 0.25) is 11.6 Å². The first-order valence-corrected chi connectivity index (χ1v) is 23.4. The third-order valence-electron chi connectivity index (χ3n) is 11.4. The van der Waals surface area contributed by atoms with Crippen molar-refractivity contribution in [1.82, 2.24) is 39.2 Å². The molecule has 2 aliphatic heterocycles. The van der Waals surface area contributed by atoms with E-state index in [-0.39, 0.29) is 51.7 Å². The molecule has 2 saturated heterocycles. The van der Waals surface area contributed by atoms with Crippen molar-refractivity contribution in [3.63, 3.8) is 0 Å². The normalized spacial score (nSPS) is 26.8. The first kappa shape index (κ1) is 50.3. The van der Waals surface area contributed by atoms with Crippen LogP contribution < -0.4 is 11.5 Å². The predicted molar refractivity (Wildman–Crippen MR) is 255 cm³/mol. The quantitative estimate of drug-likeness (QED) is 0.0813. The zero-order valence-electron chi connectivity index (χ0n) is 36.0. The Morgan fingerprint density at radius 3 is 1.60 bits per heavy atom. The average Bonchev–Trinajstić information content (AvgIpc) is 4.06. The number of benzene rings is 3. The molecular formula is C43H48BBr3N10O10. The molecule has 24 heteroatoms. The molecule has 9 rings (SSSR count). The molecule has 67 heavy (non-hydrogen) atoms. The van der Waals surface area contributed by atoms with Crippen molar-refractivity contribution in [2.75, 3.05) is 24.7 Å². The summed E-state index contributed by atoms with van der Waals surface area (Å²) in [4.78, 5) is 16.1. The largest absolute Gasteiger partial charge is 0.394 e. The van der Waals surface area contributed by atoms with Crippen LogP contribution in [0.15, 0.2) is 116 Å². The lowest BCUT2D eigenvalue weighted by Gasteiger charge is -2.39. The van der Waals surface area contributed by atoms with Gasteiger partial charge in [-0.25, -0.2) is 29.0 Å². The smallest absolute Gasteiger partial charge is 0.369 e. The number of nitrogens with two attached hydrogens (primary N) is 2. The number of nitrogens with zero attached hydrogens (tertiary/aromatic N) is 8. The molecule has 2 unspecified atom stereocenters. The molecule has 2 fully saturated rings. The van der Waals surface area contributed by atoms with Crippen LogP contribution >= 0.6 is 47.3 Å². The van der Waals surface area contributed by atoms with Crippen LogP contribution in [-0.2, 0) is 55.1 Å². The van der Waals surface area contributed by atoms with Crippen LogP contribution in [0.3, 0.4) is 0 Å². The molecule has 4 aromatic heterocycles. The summed E-state index contributed by atoms with van der Waals surface area (Å²) in [6, 6.07) is 29.4. The third kappa shape index (κ3) is 10.4. The van der Waals surface area contributed by atoms with Gasteiger partial charge < -0.3 is 60.7 Å². The number of aromatic nitrogens is 8. The average molecular weight is 1120 g/mol. The molecule has 8 atom stereocenters. The highest BCUT2D eigenvalue weighted by molar-refractivity contribution is 9.69. The molecular weight excluding hydrogens is 1070 g/mol. The number of nitrogen functional groups attached to an aromatic ring is 2. The lowest BCUT2D eigenvalue weighted by molar-refractivity contribution is -0.294. The zero-order chi connectivity index (χ0) is 48.0. The maximum absolute atomic E-state index is 12.5. The fourth-order valence-electron chi connectivity index (χ4n) is 7.82. The van der Waals surface area contributed by atoms with E-state index in [1.807, 2.05) is 91.0 Å². The summed E-state index contributed by atoms with van der Waals surface area (Å²) >= 11 is 9.31. The monoisotopic (exact) mass is 1110 g/mol. The van der Waals surface area contributed by atoms with Crippen LogP contribution in [0.1, 0.15) is 41.9 Å². The van der Waals surface area contributed by atoms with E-state index in [2.05, 4.69) is 77.4 Å². The maximum Gasteiger partial charge on any atom is 0.369 e. The first-order valence-electron chi connectivity index (χ1n) is 20.6. The van der Waals surface area contributed by atoms with Crippen LogP contribution in [-0.4, -0.2) is 117 Å². The van der Waals surface area contributed by atoms with Crippen LogP contribution in [0.2, 0.25) is 0 Å². The number of fused-ring (bicyclic) bond motifs is 2. The molecule has 0 saturated carbocycles. The van der Waals surface area contributed by atoms with Gasteiger partial charge in [-0.2, -0.15) is 10.2 Å². The number of imidazole rings is 2. The molecule has 6 heterocycles. The maximum atomic E-state index is 12.5.